The number of nitrogens with two attached hydrogens (primary N) is 1. The highest BCUT2D eigenvalue weighted by Gasteiger charge is 1.99. The van der Waals surface area contributed by atoms with Crippen LogP contribution in [0.3, 0.4) is 0 Å². The van der Waals surface area contributed by atoms with Crippen LogP contribution in [-0.2, 0) is 4.79 Å². The number of benzene rings is 1. The van der Waals surface area contributed by atoms with Gasteiger partial charge >= 0.3 is 0 Å². The summed E-state index contributed by atoms with van der Waals surface area (Å²) in [6.07, 6.45) is 2.87. The SMILES string of the molecule is COc1ccc(/C=C/C(N)=O)cc1Cl. The number of rotatable bonds is 3. The summed E-state index contributed by atoms with van der Waals surface area (Å²) >= 11 is 5.87. The zero-order valence-corrected chi connectivity index (χ0v) is 8.41. The zero-order valence-electron chi connectivity index (χ0n) is 7.66. The van der Waals surface area contributed by atoms with E-state index in [4.69, 9.17) is 22.1 Å². The van der Waals surface area contributed by atoms with Gasteiger partial charge in [0.1, 0.15) is 5.75 Å². The first-order valence-electron chi connectivity index (χ1n) is 3.94. The van der Waals surface area contributed by atoms with Crippen LogP contribution in [0.5, 0.6) is 5.75 Å². The number of hydrogen-bond donors (Lipinski definition) is 1. The summed E-state index contributed by atoms with van der Waals surface area (Å²) in [5.41, 5.74) is 5.75. The number of carbonyl (C=O) groups is 1. The van der Waals surface area contributed by atoms with E-state index in [0.717, 1.165) is 5.56 Å². The predicted octanol–water partition coefficient (Wildman–Crippen LogP) is 1.85. The molecule has 0 radical (unpaired) electrons. The van der Waals surface area contributed by atoms with Crippen LogP contribution in [-0.4, -0.2) is 13.0 Å². The lowest BCUT2D eigenvalue weighted by atomic mass is 10.2. The molecule has 0 aliphatic carbocycles. The first kappa shape index (κ1) is 10.6. The molecule has 0 unspecified atom stereocenters. The van der Waals surface area contributed by atoms with E-state index in [9.17, 15) is 4.79 Å². The van der Waals surface area contributed by atoms with Gasteiger partial charge in [-0.25, -0.2) is 0 Å². The maximum absolute atomic E-state index is 10.5. The van der Waals surface area contributed by atoms with Crippen molar-refractivity contribution in [2.75, 3.05) is 7.11 Å². The van der Waals surface area contributed by atoms with Crippen molar-refractivity contribution < 1.29 is 9.53 Å². The van der Waals surface area contributed by atoms with Crippen LogP contribution in [0.15, 0.2) is 24.3 Å². The Morgan fingerprint density at radius 2 is 2.29 bits per heavy atom. The Morgan fingerprint density at radius 1 is 1.57 bits per heavy atom. The molecule has 4 heteroatoms. The van der Waals surface area contributed by atoms with E-state index in [1.54, 1.807) is 31.4 Å². The van der Waals surface area contributed by atoms with Gasteiger partial charge in [-0.2, -0.15) is 0 Å². The van der Waals surface area contributed by atoms with E-state index in [1.807, 2.05) is 0 Å². The molecule has 0 heterocycles. The van der Waals surface area contributed by atoms with E-state index in [-0.39, 0.29) is 0 Å². The molecule has 0 saturated carbocycles. The largest absolute Gasteiger partial charge is 0.495 e. The molecule has 0 aromatic heterocycles. The average molecular weight is 212 g/mol. The number of hydrogen-bond acceptors (Lipinski definition) is 2. The number of carbonyl (C=O) groups excluding carboxylic acids is 1. The summed E-state index contributed by atoms with van der Waals surface area (Å²) in [5, 5.41) is 0.499. The monoisotopic (exact) mass is 211 g/mol. The minimum Gasteiger partial charge on any atom is -0.495 e. The van der Waals surface area contributed by atoms with Gasteiger partial charge in [0.05, 0.1) is 12.1 Å². The standard InChI is InChI=1S/C10H10ClNO2/c1-14-9-4-2-7(6-8(9)11)3-5-10(12)13/h2-6H,1H3,(H2,12,13)/b5-3+. The molecule has 2 N–H and O–H groups in total. The molecule has 0 atom stereocenters. The lowest BCUT2D eigenvalue weighted by Gasteiger charge is -2.02. The van der Waals surface area contributed by atoms with Crippen LogP contribution in [0.4, 0.5) is 0 Å². The lowest BCUT2D eigenvalue weighted by molar-refractivity contribution is -0.113. The van der Waals surface area contributed by atoms with Crippen molar-refractivity contribution in [3.8, 4) is 5.75 Å². The Kier molecular flexibility index (Phi) is 3.54. The van der Waals surface area contributed by atoms with Crippen LogP contribution in [0, 0.1) is 0 Å². The molecule has 0 bridgehead atoms. The summed E-state index contributed by atoms with van der Waals surface area (Å²) in [7, 11) is 1.54. The molecular formula is C10H10ClNO2. The van der Waals surface area contributed by atoms with E-state index >= 15 is 0 Å². The fourth-order valence-electron chi connectivity index (χ4n) is 0.965. The maximum atomic E-state index is 10.5. The van der Waals surface area contributed by atoms with Gasteiger partial charge in [0, 0.05) is 6.08 Å². The molecule has 0 fully saturated rings. The zero-order chi connectivity index (χ0) is 10.6. The fourth-order valence-corrected chi connectivity index (χ4v) is 1.23. The van der Waals surface area contributed by atoms with Gasteiger partial charge in [-0.1, -0.05) is 17.7 Å². The second kappa shape index (κ2) is 4.67. The molecule has 1 aromatic carbocycles. The highest BCUT2D eigenvalue weighted by atomic mass is 35.5. The van der Waals surface area contributed by atoms with Crippen LogP contribution < -0.4 is 10.5 Å². The van der Waals surface area contributed by atoms with Gasteiger partial charge in [-0.05, 0) is 23.8 Å². The van der Waals surface area contributed by atoms with Gasteiger partial charge in [-0.3, -0.25) is 4.79 Å². The van der Waals surface area contributed by atoms with Crippen molar-refractivity contribution in [2.45, 2.75) is 0 Å². The lowest BCUT2D eigenvalue weighted by Crippen LogP contribution is -2.05. The molecule has 0 spiro atoms. The van der Waals surface area contributed by atoms with Gasteiger partial charge in [-0.15, -0.1) is 0 Å². The van der Waals surface area contributed by atoms with E-state index < -0.39 is 5.91 Å². The van der Waals surface area contributed by atoms with Crippen LogP contribution in [0.1, 0.15) is 5.56 Å². The fraction of sp³-hybridized carbons (Fsp3) is 0.100. The summed E-state index contributed by atoms with van der Waals surface area (Å²) in [5.74, 6) is 0.111. The van der Waals surface area contributed by atoms with Crippen LogP contribution in [0.2, 0.25) is 5.02 Å². The Bertz CT molecular complexity index is 374. The van der Waals surface area contributed by atoms with Crippen molar-refractivity contribution in [1.29, 1.82) is 0 Å². The summed E-state index contributed by atoms with van der Waals surface area (Å²) in [4.78, 5) is 10.5. The molecule has 0 aliphatic rings. The van der Waals surface area contributed by atoms with E-state index in [1.165, 1.54) is 6.08 Å². The van der Waals surface area contributed by atoms with E-state index in [2.05, 4.69) is 0 Å². The highest BCUT2D eigenvalue weighted by Crippen LogP contribution is 2.25. The number of halogens is 1. The molecule has 0 saturated heterocycles. The number of amides is 1. The van der Waals surface area contributed by atoms with Gasteiger partial charge < -0.3 is 10.5 Å². The maximum Gasteiger partial charge on any atom is 0.241 e. The van der Waals surface area contributed by atoms with Gasteiger partial charge in [0.25, 0.3) is 0 Å². The molecule has 1 amide bonds. The van der Waals surface area contributed by atoms with Crippen molar-refractivity contribution >= 4 is 23.6 Å². The normalized spacial score (nSPS) is 10.4. The quantitative estimate of drug-likeness (QED) is 0.776. The number of primary amides is 1. The van der Waals surface area contributed by atoms with Crippen molar-refractivity contribution in [3.05, 3.63) is 34.9 Å². The summed E-state index contributed by atoms with van der Waals surface area (Å²) in [6.45, 7) is 0. The topological polar surface area (TPSA) is 52.3 Å². The number of methoxy groups -OCH3 is 1. The smallest absolute Gasteiger partial charge is 0.241 e. The van der Waals surface area contributed by atoms with Gasteiger partial charge in [0.2, 0.25) is 5.91 Å². The minimum absolute atomic E-state index is 0.489. The minimum atomic E-state index is -0.489. The Morgan fingerprint density at radius 3 is 2.79 bits per heavy atom. The average Bonchev–Trinajstić information content (AvgIpc) is 2.15. The molecule has 3 nitrogen and oxygen atoms in total. The molecule has 14 heavy (non-hydrogen) atoms. The molecular weight excluding hydrogens is 202 g/mol. The van der Waals surface area contributed by atoms with Gasteiger partial charge in [0.15, 0.2) is 0 Å². The third-order valence-corrected chi connectivity index (χ3v) is 1.91. The van der Waals surface area contributed by atoms with Crippen LogP contribution >= 0.6 is 11.6 Å². The first-order chi connectivity index (χ1) is 6.63. The summed E-state index contributed by atoms with van der Waals surface area (Å²) in [6, 6.07) is 5.20. The van der Waals surface area contributed by atoms with Crippen molar-refractivity contribution in [2.24, 2.45) is 5.73 Å². The Balaban J connectivity index is 2.91. The molecule has 0 aliphatic heterocycles. The second-order valence-electron chi connectivity index (χ2n) is 2.63. The number of ether oxygens (including phenoxy) is 1. The molecule has 74 valence electrons. The first-order valence-corrected chi connectivity index (χ1v) is 4.32. The Hall–Kier alpha value is -1.48. The predicted molar refractivity (Wildman–Crippen MR) is 56.2 cm³/mol. The Labute approximate surface area is 87.1 Å². The van der Waals surface area contributed by atoms with Crippen molar-refractivity contribution in [1.82, 2.24) is 0 Å². The summed E-state index contributed by atoms with van der Waals surface area (Å²) < 4.78 is 4.98. The molecule has 1 rings (SSSR count). The third-order valence-electron chi connectivity index (χ3n) is 1.62. The molecule has 1 aromatic rings. The highest BCUT2D eigenvalue weighted by molar-refractivity contribution is 6.32. The van der Waals surface area contributed by atoms with Crippen molar-refractivity contribution in [3.63, 3.8) is 0 Å². The van der Waals surface area contributed by atoms with E-state index in [0.29, 0.717) is 10.8 Å². The third kappa shape index (κ3) is 2.78. The van der Waals surface area contributed by atoms with Crippen LogP contribution in [0.25, 0.3) is 6.08 Å². The second-order valence-corrected chi connectivity index (χ2v) is 3.04.